The number of phenols is 1. The molecular formula is C50H57N7O5. The first-order valence-electron chi connectivity index (χ1n) is 22.4. The van der Waals surface area contributed by atoms with Gasteiger partial charge in [-0.2, -0.15) is 0 Å². The van der Waals surface area contributed by atoms with Crippen molar-refractivity contribution in [2.75, 3.05) is 81.8 Å². The van der Waals surface area contributed by atoms with E-state index in [1.807, 2.05) is 35.2 Å². The molecule has 5 heterocycles. The molecule has 0 aliphatic carbocycles. The summed E-state index contributed by atoms with van der Waals surface area (Å²) in [6, 6.07) is 32.4. The first kappa shape index (κ1) is 41.2. The van der Waals surface area contributed by atoms with E-state index >= 15 is 0 Å². The number of hydrogen-bond donors (Lipinski definition) is 2. The van der Waals surface area contributed by atoms with Crippen LogP contribution in [0, 0.1) is 5.92 Å². The molecule has 12 heteroatoms. The molecule has 5 amide bonds. The number of hydrogen-bond acceptors (Lipinski definition) is 8. The molecule has 0 bridgehead atoms. The first-order valence-corrected chi connectivity index (χ1v) is 22.4. The normalized spacial score (nSPS) is 20.6. The van der Waals surface area contributed by atoms with Gasteiger partial charge in [0.25, 0.3) is 5.91 Å². The third-order valence-electron chi connectivity index (χ3n) is 13.7. The van der Waals surface area contributed by atoms with Gasteiger partial charge in [-0.15, -0.1) is 0 Å². The highest BCUT2D eigenvalue weighted by atomic mass is 16.3. The Morgan fingerprint density at radius 3 is 1.95 bits per heavy atom. The van der Waals surface area contributed by atoms with Crippen LogP contribution in [0.5, 0.6) is 5.75 Å². The molecule has 5 aliphatic rings. The third kappa shape index (κ3) is 8.66. The van der Waals surface area contributed by atoms with E-state index in [4.69, 9.17) is 0 Å². The molecule has 62 heavy (non-hydrogen) atoms. The first-order chi connectivity index (χ1) is 30.2. The number of amides is 5. The number of nitrogens with zero attached hydrogens (tertiary/aromatic N) is 6. The maximum absolute atomic E-state index is 13.7. The minimum atomic E-state index is -0.603. The van der Waals surface area contributed by atoms with Crippen molar-refractivity contribution in [3.8, 4) is 5.75 Å². The number of benzene rings is 4. The van der Waals surface area contributed by atoms with Crippen LogP contribution in [0.2, 0.25) is 0 Å². The van der Waals surface area contributed by atoms with Crippen molar-refractivity contribution in [1.29, 1.82) is 0 Å². The number of aromatic hydroxyl groups is 1. The number of carbonyl (C=O) groups is 4. The van der Waals surface area contributed by atoms with Gasteiger partial charge in [-0.1, -0.05) is 61.5 Å². The van der Waals surface area contributed by atoms with Gasteiger partial charge >= 0.3 is 6.03 Å². The number of fused-ring (bicyclic) bond motifs is 1. The summed E-state index contributed by atoms with van der Waals surface area (Å²) < 4.78 is 0. The molecule has 4 aromatic carbocycles. The minimum absolute atomic E-state index is 0.139. The lowest BCUT2D eigenvalue weighted by Gasteiger charge is -2.42. The van der Waals surface area contributed by atoms with E-state index in [1.54, 1.807) is 17.0 Å². The van der Waals surface area contributed by atoms with Crippen LogP contribution in [0.1, 0.15) is 71.6 Å². The fourth-order valence-corrected chi connectivity index (χ4v) is 10.1. The van der Waals surface area contributed by atoms with E-state index in [0.29, 0.717) is 37.5 Å². The molecule has 0 spiro atoms. The Balaban J connectivity index is 0.731. The lowest BCUT2D eigenvalue weighted by molar-refractivity contribution is -0.136. The number of allylic oxidation sites excluding steroid dienone is 1. The molecule has 4 fully saturated rings. The zero-order valence-electron chi connectivity index (χ0n) is 35.7. The van der Waals surface area contributed by atoms with Crippen LogP contribution < -0.4 is 15.1 Å². The number of piperidine rings is 2. The molecule has 0 aromatic heterocycles. The Hall–Kier alpha value is -6.14. The fourth-order valence-electron chi connectivity index (χ4n) is 10.1. The second-order valence-corrected chi connectivity index (χ2v) is 17.4. The zero-order chi connectivity index (χ0) is 42.7. The van der Waals surface area contributed by atoms with Gasteiger partial charge in [0.05, 0.1) is 0 Å². The molecule has 0 saturated carbocycles. The monoisotopic (exact) mass is 835 g/mol. The minimum Gasteiger partial charge on any atom is -0.508 e. The van der Waals surface area contributed by atoms with Crippen molar-refractivity contribution >= 4 is 46.3 Å². The molecule has 0 radical (unpaired) electrons. The van der Waals surface area contributed by atoms with Crippen LogP contribution in [0.25, 0.3) is 11.1 Å². The topological polar surface area (TPSA) is 120 Å². The van der Waals surface area contributed by atoms with Crippen molar-refractivity contribution in [2.45, 2.75) is 51.6 Å². The molecular weight excluding hydrogens is 779 g/mol. The average Bonchev–Trinajstić information content (AvgIpc) is 3.64. The molecule has 322 valence electrons. The van der Waals surface area contributed by atoms with Gasteiger partial charge in [0.15, 0.2) is 0 Å². The maximum Gasteiger partial charge on any atom is 0.320 e. The van der Waals surface area contributed by atoms with Crippen molar-refractivity contribution in [2.24, 2.45) is 5.92 Å². The van der Waals surface area contributed by atoms with Crippen LogP contribution >= 0.6 is 0 Å². The Labute approximate surface area is 364 Å². The molecule has 12 nitrogen and oxygen atoms in total. The highest BCUT2D eigenvalue weighted by Gasteiger charge is 2.39. The van der Waals surface area contributed by atoms with Crippen LogP contribution in [0.15, 0.2) is 97.1 Å². The second kappa shape index (κ2) is 18.1. The predicted molar refractivity (Wildman–Crippen MR) is 242 cm³/mol. The van der Waals surface area contributed by atoms with Gasteiger partial charge in [-0.3, -0.25) is 24.6 Å². The summed E-state index contributed by atoms with van der Waals surface area (Å²) in [4.78, 5) is 64.0. The maximum atomic E-state index is 13.7. The van der Waals surface area contributed by atoms with Gasteiger partial charge in [-0.05, 0) is 107 Å². The summed E-state index contributed by atoms with van der Waals surface area (Å²) in [6.07, 6.45) is 3.52. The molecule has 4 aromatic rings. The van der Waals surface area contributed by atoms with Gasteiger partial charge in [0, 0.05) is 102 Å². The molecule has 1 unspecified atom stereocenters. The van der Waals surface area contributed by atoms with E-state index in [2.05, 4.69) is 86.4 Å². The Kier molecular flexibility index (Phi) is 12.0. The quantitative estimate of drug-likeness (QED) is 0.149. The van der Waals surface area contributed by atoms with Crippen molar-refractivity contribution in [1.82, 2.24) is 24.9 Å². The van der Waals surface area contributed by atoms with Crippen LogP contribution in [0.3, 0.4) is 0 Å². The molecule has 1 atom stereocenters. The number of anilines is 2. The van der Waals surface area contributed by atoms with E-state index < -0.39 is 6.04 Å². The number of likely N-dealkylation sites (tertiary alicyclic amines) is 1. The summed E-state index contributed by atoms with van der Waals surface area (Å²) in [5.41, 5.74) is 9.67. The van der Waals surface area contributed by atoms with Gasteiger partial charge in [0.2, 0.25) is 11.8 Å². The molecule has 5 aliphatic heterocycles. The standard InChI is InChI=1S/C50H57N7O5/c1-2-43(36-6-4-3-5-7-36)47(38-10-15-42(58)16-11-38)37-8-12-40(13-9-37)53-28-30-56(31-29-53)50(62)55-22-20-35(21-23-55)33-52-24-26-54(27-25-52)41-14-17-44-39(32-41)34-57(49(44)61)45-18-19-46(59)51-48(45)60/h3-17,32,35,45,58H,2,18-31,33-34H2,1H3,(H,51,59,60)/b47-43-. The number of phenolic OH excluding ortho intramolecular Hbond substituents is 1. The van der Waals surface area contributed by atoms with Crippen molar-refractivity contribution in [3.05, 3.63) is 125 Å². The van der Waals surface area contributed by atoms with Gasteiger partial charge in [-0.25, -0.2) is 4.79 Å². The summed E-state index contributed by atoms with van der Waals surface area (Å²) >= 11 is 0. The zero-order valence-corrected chi connectivity index (χ0v) is 35.7. The van der Waals surface area contributed by atoms with E-state index in [1.165, 1.54) is 16.7 Å². The van der Waals surface area contributed by atoms with Crippen molar-refractivity contribution in [3.63, 3.8) is 0 Å². The van der Waals surface area contributed by atoms with Crippen LogP contribution in [-0.4, -0.2) is 126 Å². The second-order valence-electron chi connectivity index (χ2n) is 17.4. The number of nitrogens with one attached hydrogen (secondary N) is 1. The van der Waals surface area contributed by atoms with E-state index in [9.17, 15) is 24.3 Å². The summed E-state index contributed by atoms with van der Waals surface area (Å²) in [5, 5.41) is 12.4. The lowest BCUT2D eigenvalue weighted by Crippen LogP contribution is -2.54. The third-order valence-corrected chi connectivity index (χ3v) is 13.7. The lowest BCUT2D eigenvalue weighted by atomic mass is 9.88. The summed E-state index contributed by atoms with van der Waals surface area (Å²) in [6.45, 7) is 12.0. The van der Waals surface area contributed by atoms with Crippen LogP contribution in [0.4, 0.5) is 16.2 Å². The highest BCUT2D eigenvalue weighted by molar-refractivity contribution is 6.05. The fraction of sp³-hybridized carbons (Fsp3) is 0.400. The van der Waals surface area contributed by atoms with Crippen molar-refractivity contribution < 1.29 is 24.3 Å². The van der Waals surface area contributed by atoms with E-state index in [0.717, 1.165) is 106 Å². The predicted octanol–water partition coefficient (Wildman–Crippen LogP) is 6.30. The molecule has 4 saturated heterocycles. The smallest absolute Gasteiger partial charge is 0.320 e. The summed E-state index contributed by atoms with van der Waals surface area (Å²) in [7, 11) is 0. The highest BCUT2D eigenvalue weighted by Crippen LogP contribution is 2.36. The Morgan fingerprint density at radius 2 is 1.29 bits per heavy atom. The summed E-state index contributed by atoms with van der Waals surface area (Å²) in [5.74, 6) is 0.0227. The van der Waals surface area contributed by atoms with E-state index in [-0.39, 0.29) is 35.9 Å². The average molecular weight is 836 g/mol. The Morgan fingerprint density at radius 1 is 0.677 bits per heavy atom. The largest absolute Gasteiger partial charge is 0.508 e. The number of rotatable bonds is 9. The number of imide groups is 1. The molecule has 2 N–H and O–H groups in total. The van der Waals surface area contributed by atoms with Gasteiger partial charge in [0.1, 0.15) is 11.8 Å². The Bertz CT molecular complexity index is 2310. The number of piperazine rings is 2. The van der Waals surface area contributed by atoms with Gasteiger partial charge < -0.3 is 29.6 Å². The SMILES string of the molecule is CC/C(=C(/c1ccc(O)cc1)c1ccc(N2CCN(C(=O)N3CCC(CN4CCN(c5ccc6c(c5)CN(C5CCC(=O)NC5=O)C6=O)CC4)CC3)CC2)cc1)c1ccccc1. The molecule has 9 rings (SSSR count). The van der Waals surface area contributed by atoms with Crippen LogP contribution in [-0.2, 0) is 16.1 Å². The number of urea groups is 1. The number of carbonyl (C=O) groups excluding carboxylic acids is 4.